The van der Waals surface area contributed by atoms with Gasteiger partial charge in [-0.1, -0.05) is 6.07 Å². The van der Waals surface area contributed by atoms with E-state index in [-0.39, 0.29) is 43.0 Å². The lowest BCUT2D eigenvalue weighted by Crippen LogP contribution is -2.50. The van der Waals surface area contributed by atoms with Crippen molar-refractivity contribution in [3.05, 3.63) is 52.9 Å². The molecule has 7 nitrogen and oxygen atoms in total. The molecule has 4 rings (SSSR count). The van der Waals surface area contributed by atoms with Crippen molar-refractivity contribution in [1.29, 1.82) is 0 Å². The van der Waals surface area contributed by atoms with Crippen LogP contribution >= 0.6 is 11.3 Å². The molecule has 1 aromatic carbocycles. The first-order valence-electron chi connectivity index (χ1n) is 10.7. The molecule has 36 heavy (non-hydrogen) atoms. The third-order valence-corrected chi connectivity index (χ3v) is 6.35. The van der Waals surface area contributed by atoms with E-state index in [1.807, 2.05) is 6.07 Å². The number of hydrogen-bond acceptors (Lipinski definition) is 7. The maximum Gasteiger partial charge on any atom is 0.433 e. The summed E-state index contributed by atoms with van der Waals surface area (Å²) < 4.78 is 76.6. The summed E-state index contributed by atoms with van der Waals surface area (Å²) in [5.41, 5.74) is 0.851. The zero-order chi connectivity index (χ0) is 26.1. The first kappa shape index (κ1) is 25.8. The molecule has 1 amide bonds. The van der Waals surface area contributed by atoms with Crippen molar-refractivity contribution in [2.75, 3.05) is 38.0 Å². The fourth-order valence-electron chi connectivity index (χ4n) is 3.71. The summed E-state index contributed by atoms with van der Waals surface area (Å²) >= 11 is 1.12. The minimum Gasteiger partial charge on any atom is -0.334 e. The van der Waals surface area contributed by atoms with Crippen LogP contribution in [-0.4, -0.2) is 69.6 Å². The number of halogens is 6. The highest BCUT2D eigenvalue weighted by Crippen LogP contribution is 2.32. The molecule has 1 aliphatic rings. The van der Waals surface area contributed by atoms with Crippen molar-refractivity contribution in [3.63, 3.8) is 0 Å². The molecular weight excluding hydrogens is 510 g/mol. The Bertz CT molecular complexity index is 1240. The molecule has 1 N–H and O–H groups in total. The monoisotopic (exact) mass is 530 g/mol. The summed E-state index contributed by atoms with van der Waals surface area (Å²) in [6.07, 6.45) is -6.37. The highest BCUT2D eigenvalue weighted by molar-refractivity contribution is 7.17. The highest BCUT2D eigenvalue weighted by atomic mass is 32.1. The minimum atomic E-state index is -4.60. The summed E-state index contributed by atoms with van der Waals surface area (Å²) in [5.74, 6) is -0.576. The number of piperazine rings is 1. The van der Waals surface area contributed by atoms with Gasteiger partial charge in [-0.2, -0.15) is 26.3 Å². The van der Waals surface area contributed by atoms with E-state index >= 15 is 0 Å². The zero-order valence-corrected chi connectivity index (χ0v) is 19.6. The van der Waals surface area contributed by atoms with Crippen molar-refractivity contribution in [2.45, 2.75) is 19.3 Å². The number of amides is 1. The Hall–Kier alpha value is -3.26. The number of anilines is 2. The average Bonchev–Trinajstić information content (AvgIpc) is 3.28. The van der Waals surface area contributed by atoms with Crippen LogP contribution in [0.4, 0.5) is 38.0 Å². The Morgan fingerprint density at radius 3 is 2.44 bits per heavy atom. The van der Waals surface area contributed by atoms with Crippen molar-refractivity contribution >= 4 is 28.9 Å². The van der Waals surface area contributed by atoms with Crippen LogP contribution in [-0.2, 0) is 6.18 Å². The average molecular weight is 530 g/mol. The van der Waals surface area contributed by atoms with Gasteiger partial charge in [-0.3, -0.25) is 9.69 Å². The number of alkyl halides is 6. The van der Waals surface area contributed by atoms with E-state index in [2.05, 4.69) is 20.3 Å². The summed E-state index contributed by atoms with van der Waals surface area (Å²) in [5, 5.41) is 2.97. The van der Waals surface area contributed by atoms with E-state index < -0.39 is 24.6 Å². The van der Waals surface area contributed by atoms with Crippen LogP contribution in [0, 0.1) is 6.92 Å². The molecule has 0 saturated carbocycles. The van der Waals surface area contributed by atoms with Crippen LogP contribution in [0.25, 0.3) is 10.4 Å². The molecule has 0 radical (unpaired) electrons. The molecule has 1 saturated heterocycles. The second-order valence-corrected chi connectivity index (χ2v) is 9.22. The van der Waals surface area contributed by atoms with Crippen molar-refractivity contribution < 1.29 is 31.1 Å². The number of thiazole rings is 1. The molecule has 0 spiro atoms. The van der Waals surface area contributed by atoms with Crippen LogP contribution in [0.15, 0.2) is 36.7 Å². The van der Waals surface area contributed by atoms with Gasteiger partial charge in [-0.25, -0.2) is 15.0 Å². The lowest BCUT2D eigenvalue weighted by molar-refractivity contribution is -0.148. The number of aromatic nitrogens is 3. The van der Waals surface area contributed by atoms with Crippen molar-refractivity contribution in [1.82, 2.24) is 24.8 Å². The molecule has 0 unspecified atom stereocenters. The van der Waals surface area contributed by atoms with E-state index in [1.165, 1.54) is 16.0 Å². The van der Waals surface area contributed by atoms with Crippen LogP contribution in [0.5, 0.6) is 0 Å². The molecule has 1 fully saturated rings. The van der Waals surface area contributed by atoms with Crippen LogP contribution in [0.1, 0.15) is 21.1 Å². The minimum absolute atomic E-state index is 0.119. The van der Waals surface area contributed by atoms with Gasteiger partial charge in [0.2, 0.25) is 5.95 Å². The maximum absolute atomic E-state index is 12.9. The molecule has 0 aliphatic carbocycles. The van der Waals surface area contributed by atoms with E-state index in [0.717, 1.165) is 29.2 Å². The second-order valence-electron chi connectivity index (χ2n) is 8.19. The number of nitrogens with one attached hydrogen (secondary N) is 1. The van der Waals surface area contributed by atoms with Gasteiger partial charge in [0, 0.05) is 44.3 Å². The quantitative estimate of drug-likeness (QED) is 0.469. The van der Waals surface area contributed by atoms with Crippen molar-refractivity contribution in [3.8, 4) is 10.4 Å². The summed E-state index contributed by atoms with van der Waals surface area (Å²) in [6.45, 7) is 1.36. The smallest absolute Gasteiger partial charge is 0.334 e. The predicted molar refractivity (Wildman–Crippen MR) is 121 cm³/mol. The number of carbonyl (C=O) groups excluding carboxylic acids is 1. The van der Waals surface area contributed by atoms with E-state index in [0.29, 0.717) is 16.1 Å². The number of benzene rings is 1. The molecular formula is C22H20F6N6OS. The highest BCUT2D eigenvalue weighted by Gasteiger charge is 2.34. The predicted octanol–water partition coefficient (Wildman–Crippen LogP) is 4.99. The molecule has 14 heteroatoms. The number of aryl methyl sites for hydroxylation is 1. The Balaban J connectivity index is 1.46. The zero-order valence-electron chi connectivity index (χ0n) is 18.8. The van der Waals surface area contributed by atoms with Crippen molar-refractivity contribution in [2.24, 2.45) is 0 Å². The lowest BCUT2D eigenvalue weighted by Gasteiger charge is -2.34. The van der Waals surface area contributed by atoms with Gasteiger partial charge in [-0.05, 0) is 36.2 Å². The van der Waals surface area contributed by atoms with Gasteiger partial charge in [0.15, 0.2) is 5.01 Å². The fraction of sp³-hybridized carbons (Fsp3) is 0.364. The Morgan fingerprint density at radius 2 is 1.78 bits per heavy atom. The molecule has 1 aliphatic heterocycles. The van der Waals surface area contributed by atoms with Gasteiger partial charge in [0.25, 0.3) is 5.91 Å². The third kappa shape index (κ3) is 6.49. The number of rotatable bonds is 5. The first-order valence-corrected chi connectivity index (χ1v) is 11.5. The van der Waals surface area contributed by atoms with E-state index in [4.69, 9.17) is 0 Å². The van der Waals surface area contributed by atoms with Gasteiger partial charge < -0.3 is 10.2 Å². The maximum atomic E-state index is 12.9. The molecule has 0 bridgehead atoms. The van der Waals surface area contributed by atoms with Gasteiger partial charge >= 0.3 is 12.4 Å². The fourth-order valence-corrected chi connectivity index (χ4v) is 4.58. The molecule has 3 heterocycles. The van der Waals surface area contributed by atoms with Gasteiger partial charge in [0.05, 0.1) is 11.4 Å². The number of nitrogens with zero attached hydrogens (tertiary/aromatic N) is 5. The standard InChI is InChI=1S/C22H20F6N6OS/c1-13-8-14(10-15(9-13)31-20-29-3-2-17(32-20)22(26,27)28)16-11-30-18(36-16)19(35)34-6-4-33(5-7-34)12-21(23,24)25/h2-3,8-11H,4-7,12H2,1H3,(H,29,31,32). The summed E-state index contributed by atoms with van der Waals surface area (Å²) in [6, 6.07) is 5.99. The topological polar surface area (TPSA) is 74.2 Å². The van der Waals surface area contributed by atoms with E-state index in [1.54, 1.807) is 19.1 Å². The normalized spacial score (nSPS) is 15.2. The molecule has 192 valence electrons. The summed E-state index contributed by atoms with van der Waals surface area (Å²) in [4.78, 5) is 27.7. The largest absolute Gasteiger partial charge is 0.433 e. The Kier molecular flexibility index (Phi) is 7.18. The SMILES string of the molecule is Cc1cc(Nc2nccc(C(F)(F)F)n2)cc(-c2cnc(C(=O)N3CCN(CC(F)(F)F)CC3)s2)c1. The van der Waals surface area contributed by atoms with Crippen LogP contribution in [0.2, 0.25) is 0 Å². The lowest BCUT2D eigenvalue weighted by atomic mass is 10.1. The Morgan fingerprint density at radius 1 is 1.06 bits per heavy atom. The number of carbonyl (C=O) groups is 1. The Labute approximate surface area is 205 Å². The molecule has 2 aromatic heterocycles. The number of hydrogen-bond donors (Lipinski definition) is 1. The van der Waals surface area contributed by atoms with Crippen LogP contribution in [0.3, 0.4) is 0 Å². The van der Waals surface area contributed by atoms with Gasteiger partial charge in [0.1, 0.15) is 5.69 Å². The first-order chi connectivity index (χ1) is 16.9. The van der Waals surface area contributed by atoms with Crippen LogP contribution < -0.4 is 5.32 Å². The van der Waals surface area contributed by atoms with E-state index in [9.17, 15) is 31.1 Å². The molecule has 0 atom stereocenters. The van der Waals surface area contributed by atoms with Gasteiger partial charge in [-0.15, -0.1) is 11.3 Å². The third-order valence-electron chi connectivity index (χ3n) is 5.32. The second kappa shape index (κ2) is 10.0. The molecule has 3 aromatic rings. The summed E-state index contributed by atoms with van der Waals surface area (Å²) in [7, 11) is 0.